The summed E-state index contributed by atoms with van der Waals surface area (Å²) in [6, 6.07) is 0. The highest BCUT2D eigenvalue weighted by atomic mass is 127. The largest absolute Gasteiger partial charge is 0.370 e. The topological polar surface area (TPSA) is 70.7 Å². The molecule has 0 aromatic rings. The van der Waals surface area contributed by atoms with Crippen molar-refractivity contribution < 1.29 is 4.79 Å². The van der Waals surface area contributed by atoms with Crippen LogP contribution in [0.1, 0.15) is 39.0 Å². The number of hydrogen-bond donors (Lipinski definition) is 2. The highest BCUT2D eigenvalue weighted by molar-refractivity contribution is 14.0. The maximum atomic E-state index is 11.4. The molecular formula is C14H27IN4O. The van der Waals surface area contributed by atoms with Crippen LogP contribution in [0.2, 0.25) is 0 Å². The molecule has 1 aliphatic carbocycles. The number of nitrogens with two attached hydrogens (primary N) is 1. The summed E-state index contributed by atoms with van der Waals surface area (Å²) >= 11 is 0. The Morgan fingerprint density at radius 3 is 2.60 bits per heavy atom. The summed E-state index contributed by atoms with van der Waals surface area (Å²) in [5, 5.41) is 3.21. The molecule has 116 valence electrons. The Kier molecular flexibility index (Phi) is 7.61. The SMILES string of the molecule is CC(=O)N1CCCC(CN=C(N)NCC2CCC2)C1.I. The molecule has 1 amide bonds. The van der Waals surface area contributed by atoms with Gasteiger partial charge in [-0.25, -0.2) is 0 Å². The molecule has 1 heterocycles. The van der Waals surface area contributed by atoms with Crippen LogP contribution in [-0.2, 0) is 4.79 Å². The van der Waals surface area contributed by atoms with E-state index in [0.717, 1.165) is 44.9 Å². The van der Waals surface area contributed by atoms with Crippen molar-refractivity contribution in [2.45, 2.75) is 39.0 Å². The van der Waals surface area contributed by atoms with Crippen molar-refractivity contribution in [3.05, 3.63) is 0 Å². The molecular weight excluding hydrogens is 367 g/mol. The lowest BCUT2D eigenvalue weighted by molar-refractivity contribution is -0.130. The van der Waals surface area contributed by atoms with Gasteiger partial charge in [0.15, 0.2) is 5.96 Å². The molecule has 0 spiro atoms. The van der Waals surface area contributed by atoms with Crippen molar-refractivity contribution in [3.8, 4) is 0 Å². The molecule has 1 atom stereocenters. The van der Waals surface area contributed by atoms with Crippen LogP contribution in [0, 0.1) is 11.8 Å². The molecule has 1 unspecified atom stereocenters. The van der Waals surface area contributed by atoms with Gasteiger partial charge in [0.2, 0.25) is 5.91 Å². The van der Waals surface area contributed by atoms with Crippen molar-refractivity contribution >= 4 is 35.8 Å². The summed E-state index contributed by atoms with van der Waals surface area (Å²) < 4.78 is 0. The molecule has 6 heteroatoms. The van der Waals surface area contributed by atoms with Crippen molar-refractivity contribution in [1.82, 2.24) is 10.2 Å². The van der Waals surface area contributed by atoms with Gasteiger partial charge in [0, 0.05) is 33.1 Å². The number of likely N-dealkylation sites (tertiary alicyclic amines) is 1. The molecule has 1 saturated carbocycles. The monoisotopic (exact) mass is 394 g/mol. The van der Waals surface area contributed by atoms with Crippen LogP contribution in [-0.4, -0.2) is 42.9 Å². The van der Waals surface area contributed by atoms with Crippen LogP contribution >= 0.6 is 24.0 Å². The van der Waals surface area contributed by atoms with E-state index < -0.39 is 0 Å². The minimum Gasteiger partial charge on any atom is -0.370 e. The van der Waals surface area contributed by atoms with Gasteiger partial charge in [-0.05, 0) is 37.5 Å². The Morgan fingerprint density at radius 2 is 2.00 bits per heavy atom. The number of carbonyl (C=O) groups is 1. The molecule has 20 heavy (non-hydrogen) atoms. The van der Waals surface area contributed by atoms with Gasteiger partial charge in [0.25, 0.3) is 0 Å². The number of hydrogen-bond acceptors (Lipinski definition) is 2. The number of rotatable bonds is 4. The number of piperidine rings is 1. The lowest BCUT2D eigenvalue weighted by atomic mass is 9.85. The van der Waals surface area contributed by atoms with Crippen LogP contribution < -0.4 is 11.1 Å². The van der Waals surface area contributed by atoms with Crippen LogP contribution in [0.5, 0.6) is 0 Å². The van der Waals surface area contributed by atoms with Gasteiger partial charge < -0.3 is 16.0 Å². The zero-order valence-corrected chi connectivity index (χ0v) is 14.6. The van der Waals surface area contributed by atoms with Crippen LogP contribution in [0.15, 0.2) is 4.99 Å². The molecule has 1 aliphatic heterocycles. The fourth-order valence-corrected chi connectivity index (χ4v) is 2.73. The van der Waals surface area contributed by atoms with Gasteiger partial charge >= 0.3 is 0 Å². The molecule has 3 N–H and O–H groups in total. The van der Waals surface area contributed by atoms with Crippen LogP contribution in [0.4, 0.5) is 0 Å². The highest BCUT2D eigenvalue weighted by Crippen LogP contribution is 2.25. The van der Waals surface area contributed by atoms with Crippen molar-refractivity contribution in [2.75, 3.05) is 26.2 Å². The van der Waals surface area contributed by atoms with Crippen LogP contribution in [0.25, 0.3) is 0 Å². The summed E-state index contributed by atoms with van der Waals surface area (Å²) in [6.07, 6.45) is 6.21. The predicted octanol–water partition coefficient (Wildman–Crippen LogP) is 1.57. The Hall–Kier alpha value is -0.530. The lowest BCUT2D eigenvalue weighted by Gasteiger charge is -2.31. The third-order valence-corrected chi connectivity index (χ3v) is 4.28. The smallest absolute Gasteiger partial charge is 0.219 e. The van der Waals surface area contributed by atoms with E-state index >= 15 is 0 Å². The molecule has 0 aromatic carbocycles. The zero-order chi connectivity index (χ0) is 13.7. The quantitative estimate of drug-likeness (QED) is 0.432. The number of amides is 1. The minimum atomic E-state index is 0. The number of nitrogens with one attached hydrogen (secondary N) is 1. The third-order valence-electron chi connectivity index (χ3n) is 4.28. The van der Waals surface area contributed by atoms with Gasteiger partial charge in [-0.1, -0.05) is 6.42 Å². The van der Waals surface area contributed by atoms with Crippen molar-refractivity contribution in [1.29, 1.82) is 0 Å². The van der Waals surface area contributed by atoms with Gasteiger partial charge in [-0.2, -0.15) is 0 Å². The number of guanidine groups is 1. The third kappa shape index (κ3) is 5.46. The first-order valence-electron chi connectivity index (χ1n) is 7.44. The van der Waals surface area contributed by atoms with E-state index in [4.69, 9.17) is 5.73 Å². The minimum absolute atomic E-state index is 0. The Morgan fingerprint density at radius 1 is 1.30 bits per heavy atom. The average molecular weight is 394 g/mol. The van der Waals surface area contributed by atoms with E-state index in [0.29, 0.717) is 11.9 Å². The molecule has 0 aromatic heterocycles. The summed E-state index contributed by atoms with van der Waals surface area (Å²) in [5.41, 5.74) is 5.87. The van der Waals surface area contributed by atoms with E-state index in [-0.39, 0.29) is 29.9 Å². The Labute approximate surface area is 138 Å². The highest BCUT2D eigenvalue weighted by Gasteiger charge is 2.21. The first-order chi connectivity index (χ1) is 9.15. The molecule has 0 bridgehead atoms. The Balaban J connectivity index is 0.00000200. The second-order valence-corrected chi connectivity index (χ2v) is 5.88. The summed E-state index contributed by atoms with van der Waals surface area (Å²) in [4.78, 5) is 17.7. The van der Waals surface area contributed by atoms with E-state index in [9.17, 15) is 4.79 Å². The van der Waals surface area contributed by atoms with Crippen molar-refractivity contribution in [3.63, 3.8) is 0 Å². The van der Waals surface area contributed by atoms with Crippen molar-refractivity contribution in [2.24, 2.45) is 22.6 Å². The molecule has 2 fully saturated rings. The standard InChI is InChI=1S/C14H26N4O.HI/c1-11(19)18-7-3-6-13(10-18)9-17-14(15)16-8-12-4-2-5-12;/h12-13H,2-10H2,1H3,(H3,15,16,17);1H. The fourth-order valence-electron chi connectivity index (χ4n) is 2.73. The molecule has 5 nitrogen and oxygen atoms in total. The molecule has 2 rings (SSSR count). The first kappa shape index (κ1) is 17.5. The lowest BCUT2D eigenvalue weighted by Crippen LogP contribution is -2.41. The van der Waals surface area contributed by atoms with Gasteiger partial charge in [-0.15, -0.1) is 24.0 Å². The number of aliphatic imine (C=N–C) groups is 1. The van der Waals surface area contributed by atoms with Gasteiger partial charge in [0.1, 0.15) is 0 Å². The second kappa shape index (κ2) is 8.69. The van der Waals surface area contributed by atoms with Gasteiger partial charge in [-0.3, -0.25) is 9.79 Å². The fraction of sp³-hybridized carbons (Fsp3) is 0.857. The second-order valence-electron chi connectivity index (χ2n) is 5.88. The summed E-state index contributed by atoms with van der Waals surface area (Å²) in [6.45, 7) is 5.05. The average Bonchev–Trinajstić information content (AvgIpc) is 2.35. The summed E-state index contributed by atoms with van der Waals surface area (Å²) in [5.74, 6) is 1.98. The maximum absolute atomic E-state index is 11.4. The molecule has 2 aliphatic rings. The number of nitrogens with zero attached hydrogens (tertiary/aromatic N) is 2. The van der Waals surface area contributed by atoms with E-state index in [2.05, 4.69) is 10.3 Å². The molecule has 0 radical (unpaired) electrons. The normalized spacial score (nSPS) is 23.8. The Bertz CT molecular complexity index is 344. The van der Waals surface area contributed by atoms with E-state index in [1.807, 2.05) is 4.90 Å². The number of carbonyl (C=O) groups excluding carboxylic acids is 1. The predicted molar refractivity (Wildman–Crippen MR) is 92.2 cm³/mol. The summed E-state index contributed by atoms with van der Waals surface area (Å²) in [7, 11) is 0. The first-order valence-corrected chi connectivity index (χ1v) is 7.44. The van der Waals surface area contributed by atoms with Crippen LogP contribution in [0.3, 0.4) is 0 Å². The maximum Gasteiger partial charge on any atom is 0.219 e. The van der Waals surface area contributed by atoms with E-state index in [1.165, 1.54) is 19.3 Å². The number of halogens is 1. The van der Waals surface area contributed by atoms with E-state index in [1.54, 1.807) is 6.92 Å². The zero-order valence-electron chi connectivity index (χ0n) is 12.3. The molecule has 1 saturated heterocycles. The van der Waals surface area contributed by atoms with Gasteiger partial charge in [0.05, 0.1) is 0 Å².